The summed E-state index contributed by atoms with van der Waals surface area (Å²) >= 11 is 0. The van der Waals surface area contributed by atoms with Gasteiger partial charge in [-0.1, -0.05) is 12.1 Å². The summed E-state index contributed by atoms with van der Waals surface area (Å²) in [7, 11) is 0. The van der Waals surface area contributed by atoms with E-state index in [9.17, 15) is 9.59 Å². The molecule has 1 atom stereocenters. The highest BCUT2D eigenvalue weighted by Crippen LogP contribution is 2.41. The number of carbonyl (C=O) groups is 2. The zero-order valence-electron chi connectivity index (χ0n) is 17.8. The van der Waals surface area contributed by atoms with Crippen molar-refractivity contribution in [3.05, 3.63) is 48.2 Å². The van der Waals surface area contributed by atoms with Gasteiger partial charge < -0.3 is 19.0 Å². The zero-order valence-corrected chi connectivity index (χ0v) is 17.8. The van der Waals surface area contributed by atoms with Gasteiger partial charge in [-0.3, -0.25) is 14.5 Å². The van der Waals surface area contributed by atoms with Gasteiger partial charge in [-0.25, -0.2) is 0 Å². The van der Waals surface area contributed by atoms with Crippen molar-refractivity contribution in [2.75, 3.05) is 59.0 Å². The van der Waals surface area contributed by atoms with Crippen LogP contribution in [0, 0.1) is 5.41 Å². The van der Waals surface area contributed by atoms with Crippen molar-refractivity contribution in [3.8, 4) is 11.3 Å². The molecule has 0 bridgehead atoms. The van der Waals surface area contributed by atoms with Crippen LogP contribution in [-0.4, -0.2) is 85.5 Å². The maximum Gasteiger partial charge on any atom is 0.253 e. The lowest BCUT2D eigenvalue weighted by Gasteiger charge is -2.29. The minimum absolute atomic E-state index is 0.00226. The minimum atomic E-state index is -0.394. The van der Waals surface area contributed by atoms with Crippen LogP contribution in [0.3, 0.4) is 0 Å². The van der Waals surface area contributed by atoms with Crippen LogP contribution in [0.5, 0.6) is 0 Å². The van der Waals surface area contributed by atoms with E-state index in [1.807, 2.05) is 46.2 Å². The van der Waals surface area contributed by atoms with Gasteiger partial charge >= 0.3 is 0 Å². The van der Waals surface area contributed by atoms with E-state index in [4.69, 9.17) is 9.15 Å². The molecule has 7 nitrogen and oxygen atoms in total. The highest BCUT2D eigenvalue weighted by molar-refractivity contribution is 5.96. The summed E-state index contributed by atoms with van der Waals surface area (Å²) < 4.78 is 10.8. The van der Waals surface area contributed by atoms with Gasteiger partial charge in [0, 0.05) is 56.9 Å². The minimum Gasteiger partial charge on any atom is -0.464 e. The van der Waals surface area contributed by atoms with E-state index in [0.717, 1.165) is 70.1 Å². The second-order valence-corrected chi connectivity index (χ2v) is 8.81. The summed E-state index contributed by atoms with van der Waals surface area (Å²) in [5, 5.41) is 0. The molecule has 0 aliphatic carbocycles. The summed E-state index contributed by atoms with van der Waals surface area (Å²) in [5.74, 6) is 1.01. The maximum absolute atomic E-state index is 13.2. The fourth-order valence-corrected chi connectivity index (χ4v) is 5.02. The van der Waals surface area contributed by atoms with Gasteiger partial charge in [0.25, 0.3) is 5.91 Å². The number of hydrogen-bond acceptors (Lipinski definition) is 5. The predicted molar refractivity (Wildman–Crippen MR) is 116 cm³/mol. The molecule has 0 radical (unpaired) electrons. The van der Waals surface area contributed by atoms with Crippen LogP contribution in [-0.2, 0) is 9.53 Å². The summed E-state index contributed by atoms with van der Waals surface area (Å²) in [6.45, 7) is 7.05. The monoisotopic (exact) mass is 423 g/mol. The standard InChI is InChI=1S/C24H29N3O4/c28-22(20-5-3-19(4-6-20)21-2-1-15-31-21)27-10-8-24(18-27)7-9-26(23(24)29)12-11-25-13-16-30-17-14-25/h1-6,15H,7-14,16-18H2. The first-order valence-electron chi connectivity index (χ1n) is 11.2. The maximum atomic E-state index is 13.2. The van der Waals surface area contributed by atoms with Crippen molar-refractivity contribution in [2.24, 2.45) is 5.41 Å². The third kappa shape index (κ3) is 4.00. The SMILES string of the molecule is O=C(c1ccc(-c2ccco2)cc1)N1CCC2(CCN(CCN3CCOCC3)C2=O)C1. The second kappa shape index (κ2) is 8.48. The van der Waals surface area contributed by atoms with Crippen LogP contribution in [0.1, 0.15) is 23.2 Å². The molecule has 164 valence electrons. The molecule has 0 N–H and O–H groups in total. The van der Waals surface area contributed by atoms with Crippen LogP contribution < -0.4 is 0 Å². The lowest BCUT2D eigenvalue weighted by atomic mass is 9.85. The van der Waals surface area contributed by atoms with Crippen molar-refractivity contribution < 1.29 is 18.7 Å². The van der Waals surface area contributed by atoms with Gasteiger partial charge in [0.2, 0.25) is 5.91 Å². The molecule has 3 fully saturated rings. The van der Waals surface area contributed by atoms with Crippen molar-refractivity contribution in [1.29, 1.82) is 0 Å². The van der Waals surface area contributed by atoms with Crippen molar-refractivity contribution in [1.82, 2.24) is 14.7 Å². The molecule has 3 aliphatic heterocycles. The van der Waals surface area contributed by atoms with Crippen molar-refractivity contribution in [2.45, 2.75) is 12.8 Å². The molecule has 1 aromatic carbocycles. The lowest BCUT2D eigenvalue weighted by Crippen LogP contribution is -2.43. The first-order chi connectivity index (χ1) is 15.1. The van der Waals surface area contributed by atoms with Gasteiger partial charge in [0.1, 0.15) is 5.76 Å². The first-order valence-corrected chi connectivity index (χ1v) is 11.2. The topological polar surface area (TPSA) is 66.2 Å². The van der Waals surface area contributed by atoms with Crippen LogP contribution in [0.25, 0.3) is 11.3 Å². The number of carbonyl (C=O) groups excluding carboxylic acids is 2. The van der Waals surface area contributed by atoms with E-state index >= 15 is 0 Å². The third-order valence-electron chi connectivity index (χ3n) is 6.97. The Morgan fingerprint density at radius 2 is 1.74 bits per heavy atom. The van der Waals surface area contributed by atoms with Crippen LogP contribution >= 0.6 is 0 Å². The fraction of sp³-hybridized carbons (Fsp3) is 0.500. The van der Waals surface area contributed by atoms with Crippen LogP contribution in [0.2, 0.25) is 0 Å². The largest absolute Gasteiger partial charge is 0.464 e. The number of likely N-dealkylation sites (tertiary alicyclic amines) is 2. The summed E-state index contributed by atoms with van der Waals surface area (Å²) in [5.41, 5.74) is 1.21. The molecule has 31 heavy (non-hydrogen) atoms. The molecule has 5 rings (SSSR count). The Bertz CT molecular complexity index is 921. The number of ether oxygens (including phenoxy) is 1. The fourth-order valence-electron chi connectivity index (χ4n) is 5.02. The Morgan fingerprint density at radius 3 is 2.48 bits per heavy atom. The van der Waals surface area contributed by atoms with Gasteiger partial charge in [-0.2, -0.15) is 0 Å². The van der Waals surface area contributed by atoms with E-state index in [1.54, 1.807) is 6.26 Å². The second-order valence-electron chi connectivity index (χ2n) is 8.81. The molecule has 1 aromatic heterocycles. The Hall–Kier alpha value is -2.64. The summed E-state index contributed by atoms with van der Waals surface area (Å²) in [6.07, 6.45) is 3.24. The number of benzene rings is 1. The molecular weight excluding hydrogens is 394 g/mol. The van der Waals surface area contributed by atoms with Gasteiger partial charge in [0.15, 0.2) is 0 Å². The summed E-state index contributed by atoms with van der Waals surface area (Å²) in [6, 6.07) is 11.3. The van der Waals surface area contributed by atoms with E-state index in [0.29, 0.717) is 18.7 Å². The first kappa shape index (κ1) is 20.3. The molecule has 0 saturated carbocycles. The van der Waals surface area contributed by atoms with E-state index in [-0.39, 0.29) is 11.8 Å². The van der Waals surface area contributed by atoms with E-state index in [1.165, 1.54) is 0 Å². The van der Waals surface area contributed by atoms with Crippen molar-refractivity contribution in [3.63, 3.8) is 0 Å². The average molecular weight is 424 g/mol. The highest BCUT2D eigenvalue weighted by atomic mass is 16.5. The molecule has 7 heteroatoms. The number of amides is 2. The average Bonchev–Trinajstić information content (AvgIpc) is 3.56. The normalized spacial score (nSPS) is 24.5. The van der Waals surface area contributed by atoms with Gasteiger partial charge in [0.05, 0.1) is 24.9 Å². The molecule has 1 unspecified atom stereocenters. The summed E-state index contributed by atoms with van der Waals surface area (Å²) in [4.78, 5) is 32.5. The number of hydrogen-bond donors (Lipinski definition) is 0. The molecule has 2 aromatic rings. The molecular formula is C24H29N3O4. The molecule has 3 aliphatic rings. The molecule has 3 saturated heterocycles. The highest BCUT2D eigenvalue weighted by Gasteiger charge is 2.51. The molecule has 4 heterocycles. The number of nitrogens with zero attached hydrogens (tertiary/aromatic N) is 3. The molecule has 1 spiro atoms. The number of rotatable bonds is 5. The molecule has 2 amide bonds. The van der Waals surface area contributed by atoms with E-state index < -0.39 is 5.41 Å². The third-order valence-corrected chi connectivity index (χ3v) is 6.97. The Kier molecular flexibility index (Phi) is 5.54. The Labute approximate surface area is 182 Å². The van der Waals surface area contributed by atoms with Crippen LogP contribution in [0.4, 0.5) is 0 Å². The van der Waals surface area contributed by atoms with E-state index in [2.05, 4.69) is 4.90 Å². The van der Waals surface area contributed by atoms with Crippen LogP contribution in [0.15, 0.2) is 47.1 Å². The number of morpholine rings is 1. The smallest absolute Gasteiger partial charge is 0.253 e. The lowest BCUT2D eigenvalue weighted by molar-refractivity contribution is -0.135. The van der Waals surface area contributed by atoms with Crippen molar-refractivity contribution >= 4 is 11.8 Å². The quantitative estimate of drug-likeness (QED) is 0.739. The van der Waals surface area contributed by atoms with Gasteiger partial charge in [-0.05, 0) is 37.1 Å². The Balaban J connectivity index is 1.19. The van der Waals surface area contributed by atoms with Gasteiger partial charge in [-0.15, -0.1) is 0 Å². The Morgan fingerprint density at radius 1 is 0.968 bits per heavy atom. The predicted octanol–water partition coefficient (Wildman–Crippen LogP) is 2.34. The number of furan rings is 1. The zero-order chi connectivity index (χ0) is 21.3.